The fourth-order valence-electron chi connectivity index (χ4n) is 4.13. The Balaban J connectivity index is 1.46. The van der Waals surface area contributed by atoms with Gasteiger partial charge in [-0.2, -0.15) is 5.10 Å². The number of carbonyl (C=O) groups excluding carboxylic acids is 1. The number of benzene rings is 1. The number of hydrogen-bond acceptors (Lipinski definition) is 5. The number of amides is 1. The highest BCUT2D eigenvalue weighted by molar-refractivity contribution is 6.01. The van der Waals surface area contributed by atoms with Crippen LogP contribution in [-0.2, 0) is 11.8 Å². The molecule has 1 unspecified atom stereocenters. The van der Waals surface area contributed by atoms with Gasteiger partial charge in [-0.05, 0) is 37.1 Å². The summed E-state index contributed by atoms with van der Waals surface area (Å²) >= 11 is 0. The summed E-state index contributed by atoms with van der Waals surface area (Å²) in [5.41, 5.74) is 10.8. The Kier molecular flexibility index (Phi) is 3.87. The van der Waals surface area contributed by atoms with E-state index in [-0.39, 0.29) is 11.9 Å². The molecular formula is C21H21N7O. The highest BCUT2D eigenvalue weighted by atomic mass is 16.2. The Morgan fingerprint density at radius 1 is 1.14 bits per heavy atom. The van der Waals surface area contributed by atoms with Gasteiger partial charge < -0.3 is 15.2 Å². The number of carbonyl (C=O) groups is 1. The Hall–Kier alpha value is -3.68. The number of anilines is 2. The van der Waals surface area contributed by atoms with E-state index < -0.39 is 0 Å². The van der Waals surface area contributed by atoms with Crippen LogP contribution in [-0.4, -0.2) is 36.8 Å². The van der Waals surface area contributed by atoms with Crippen molar-refractivity contribution in [2.45, 2.75) is 19.4 Å². The van der Waals surface area contributed by atoms with Gasteiger partial charge in [0.15, 0.2) is 0 Å². The lowest BCUT2D eigenvalue weighted by molar-refractivity contribution is -0.120. The van der Waals surface area contributed by atoms with E-state index in [1.165, 1.54) is 6.33 Å². The van der Waals surface area contributed by atoms with Crippen LogP contribution in [0.4, 0.5) is 11.5 Å². The summed E-state index contributed by atoms with van der Waals surface area (Å²) in [6.07, 6.45) is 5.96. The molecule has 0 aliphatic carbocycles. The standard InChI is InChI=1S/C21H21N7O/c1-13-7-9-25-28(13)17-8-10-27(21(17)29)15-5-3-14(4-6-15)16-11-26(2)20-18(16)19(22)23-12-24-20/h3-7,9,11-12,17H,8,10H2,1-2H3,(H2,22,23,24). The number of fused-ring (bicyclic) bond motifs is 1. The van der Waals surface area contributed by atoms with Crippen LogP contribution in [0.15, 0.2) is 49.1 Å². The van der Waals surface area contributed by atoms with Crippen molar-refractivity contribution in [1.29, 1.82) is 0 Å². The van der Waals surface area contributed by atoms with Gasteiger partial charge in [-0.25, -0.2) is 9.97 Å². The Bertz CT molecular complexity index is 1220. The van der Waals surface area contributed by atoms with Crippen molar-refractivity contribution < 1.29 is 4.79 Å². The van der Waals surface area contributed by atoms with E-state index in [4.69, 9.17) is 5.73 Å². The van der Waals surface area contributed by atoms with Crippen molar-refractivity contribution in [3.05, 3.63) is 54.7 Å². The molecular weight excluding hydrogens is 366 g/mol. The summed E-state index contributed by atoms with van der Waals surface area (Å²) in [6, 6.07) is 9.66. The zero-order valence-electron chi connectivity index (χ0n) is 16.3. The maximum atomic E-state index is 13.0. The number of aryl methyl sites for hydroxylation is 2. The third kappa shape index (κ3) is 2.67. The summed E-state index contributed by atoms with van der Waals surface area (Å²) in [6.45, 7) is 2.65. The number of hydrogen-bond donors (Lipinski definition) is 1. The van der Waals surface area contributed by atoms with Crippen molar-refractivity contribution >= 4 is 28.4 Å². The first-order valence-electron chi connectivity index (χ1n) is 9.52. The molecule has 1 atom stereocenters. The maximum Gasteiger partial charge on any atom is 0.251 e. The van der Waals surface area contributed by atoms with Crippen LogP contribution >= 0.6 is 0 Å². The van der Waals surface area contributed by atoms with Crippen molar-refractivity contribution in [3.63, 3.8) is 0 Å². The van der Waals surface area contributed by atoms with Gasteiger partial charge in [-0.15, -0.1) is 0 Å². The quantitative estimate of drug-likeness (QED) is 0.583. The Morgan fingerprint density at radius 2 is 1.93 bits per heavy atom. The maximum absolute atomic E-state index is 13.0. The molecule has 0 saturated carbocycles. The summed E-state index contributed by atoms with van der Waals surface area (Å²) in [7, 11) is 1.94. The van der Waals surface area contributed by atoms with Crippen molar-refractivity contribution in [1.82, 2.24) is 24.3 Å². The van der Waals surface area contributed by atoms with E-state index in [1.54, 1.807) is 6.20 Å². The average molecular weight is 387 g/mol. The first kappa shape index (κ1) is 17.4. The molecule has 0 bridgehead atoms. The summed E-state index contributed by atoms with van der Waals surface area (Å²) in [5, 5.41) is 5.15. The molecule has 2 N–H and O–H groups in total. The highest BCUT2D eigenvalue weighted by Gasteiger charge is 2.34. The molecule has 1 saturated heterocycles. The fourth-order valence-corrected chi connectivity index (χ4v) is 4.13. The van der Waals surface area contributed by atoms with E-state index in [9.17, 15) is 4.79 Å². The van der Waals surface area contributed by atoms with Gasteiger partial charge in [-0.1, -0.05) is 12.1 Å². The van der Waals surface area contributed by atoms with Crippen LogP contribution in [0.1, 0.15) is 18.2 Å². The second-order valence-electron chi connectivity index (χ2n) is 7.37. The molecule has 1 aliphatic rings. The van der Waals surface area contributed by atoms with Gasteiger partial charge in [0.1, 0.15) is 23.8 Å². The second kappa shape index (κ2) is 6.44. The third-order valence-electron chi connectivity index (χ3n) is 5.61. The van der Waals surface area contributed by atoms with Crippen LogP contribution in [0.5, 0.6) is 0 Å². The molecule has 8 heteroatoms. The molecule has 4 heterocycles. The lowest BCUT2D eigenvalue weighted by Crippen LogP contribution is -2.28. The molecule has 1 aliphatic heterocycles. The highest BCUT2D eigenvalue weighted by Crippen LogP contribution is 2.34. The zero-order valence-corrected chi connectivity index (χ0v) is 16.3. The molecule has 4 aromatic rings. The van der Waals surface area contributed by atoms with E-state index >= 15 is 0 Å². The first-order valence-corrected chi connectivity index (χ1v) is 9.52. The SMILES string of the molecule is Cc1ccnn1C1CCN(c2ccc(-c3cn(C)c4ncnc(N)c34)cc2)C1=O. The average Bonchev–Trinajstić information content (AvgIpc) is 3.40. The van der Waals surface area contributed by atoms with E-state index in [2.05, 4.69) is 15.1 Å². The molecule has 1 fully saturated rings. The van der Waals surface area contributed by atoms with Crippen LogP contribution in [0.2, 0.25) is 0 Å². The van der Waals surface area contributed by atoms with Crippen molar-refractivity contribution in [2.75, 3.05) is 17.2 Å². The van der Waals surface area contributed by atoms with Gasteiger partial charge in [-0.3, -0.25) is 9.48 Å². The van der Waals surface area contributed by atoms with Crippen molar-refractivity contribution in [3.8, 4) is 11.1 Å². The summed E-state index contributed by atoms with van der Waals surface area (Å²) in [4.78, 5) is 23.3. The summed E-state index contributed by atoms with van der Waals surface area (Å²) in [5.74, 6) is 0.536. The van der Waals surface area contributed by atoms with Crippen LogP contribution in [0, 0.1) is 6.92 Å². The third-order valence-corrected chi connectivity index (χ3v) is 5.61. The zero-order chi connectivity index (χ0) is 20.1. The molecule has 1 aromatic carbocycles. The van der Waals surface area contributed by atoms with Gasteiger partial charge in [0.05, 0.1) is 5.39 Å². The fraction of sp³-hybridized carbons (Fsp3) is 0.238. The minimum Gasteiger partial charge on any atom is -0.383 e. The molecule has 146 valence electrons. The van der Waals surface area contributed by atoms with Gasteiger partial charge >= 0.3 is 0 Å². The molecule has 3 aromatic heterocycles. The number of rotatable bonds is 3. The van der Waals surface area contributed by atoms with Crippen LogP contribution in [0.3, 0.4) is 0 Å². The molecule has 29 heavy (non-hydrogen) atoms. The first-order chi connectivity index (χ1) is 14.0. The predicted molar refractivity (Wildman–Crippen MR) is 111 cm³/mol. The van der Waals surface area contributed by atoms with E-state index in [0.717, 1.165) is 40.0 Å². The summed E-state index contributed by atoms with van der Waals surface area (Å²) < 4.78 is 3.76. The molecule has 5 rings (SSSR count). The van der Waals surface area contributed by atoms with Gasteiger partial charge in [0, 0.05) is 42.9 Å². The van der Waals surface area contributed by atoms with Gasteiger partial charge in [0.25, 0.3) is 5.91 Å². The number of nitrogens with two attached hydrogens (primary N) is 1. The normalized spacial score (nSPS) is 16.8. The second-order valence-corrected chi connectivity index (χ2v) is 7.37. The predicted octanol–water partition coefficient (Wildman–Crippen LogP) is 2.70. The Morgan fingerprint density at radius 3 is 2.66 bits per heavy atom. The lowest BCUT2D eigenvalue weighted by atomic mass is 10.1. The van der Waals surface area contributed by atoms with E-state index in [0.29, 0.717) is 12.4 Å². The minimum atomic E-state index is -0.236. The topological polar surface area (TPSA) is 94.9 Å². The number of nitrogens with zero attached hydrogens (tertiary/aromatic N) is 6. The smallest absolute Gasteiger partial charge is 0.251 e. The molecule has 1 amide bonds. The van der Waals surface area contributed by atoms with Crippen LogP contribution < -0.4 is 10.6 Å². The molecule has 0 radical (unpaired) electrons. The monoisotopic (exact) mass is 387 g/mol. The largest absolute Gasteiger partial charge is 0.383 e. The lowest BCUT2D eigenvalue weighted by Gasteiger charge is -2.18. The van der Waals surface area contributed by atoms with Gasteiger partial charge in [0.2, 0.25) is 0 Å². The number of nitrogen functional groups attached to an aromatic ring is 1. The Labute approximate surface area is 167 Å². The minimum absolute atomic E-state index is 0.0763. The molecule has 8 nitrogen and oxygen atoms in total. The molecule has 0 spiro atoms. The van der Waals surface area contributed by atoms with E-state index in [1.807, 2.05) is 64.6 Å². The van der Waals surface area contributed by atoms with Crippen LogP contribution in [0.25, 0.3) is 22.2 Å². The van der Waals surface area contributed by atoms with Crippen molar-refractivity contribution in [2.24, 2.45) is 7.05 Å². The number of aromatic nitrogens is 5.